The van der Waals surface area contributed by atoms with Gasteiger partial charge in [0.25, 0.3) is 0 Å². The highest BCUT2D eigenvalue weighted by molar-refractivity contribution is 7.99. The van der Waals surface area contributed by atoms with Gasteiger partial charge < -0.3 is 15.2 Å². The van der Waals surface area contributed by atoms with Crippen molar-refractivity contribution in [3.63, 3.8) is 0 Å². The Kier molecular flexibility index (Phi) is 5.00. The lowest BCUT2D eigenvalue weighted by atomic mass is 10.3. The fraction of sp³-hybridized carbons (Fsp3) is 0.308. The predicted octanol–water partition coefficient (Wildman–Crippen LogP) is 2.40. The monoisotopic (exact) mass is 292 g/mol. The van der Waals surface area contributed by atoms with E-state index >= 15 is 0 Å². The molecule has 0 atom stereocenters. The van der Waals surface area contributed by atoms with E-state index in [2.05, 4.69) is 15.0 Å². The van der Waals surface area contributed by atoms with Gasteiger partial charge in [-0.15, -0.1) is 0 Å². The Morgan fingerprint density at radius 1 is 1.25 bits per heavy atom. The molecule has 6 nitrogen and oxygen atoms in total. The average Bonchev–Trinajstić information content (AvgIpc) is 2.44. The molecule has 2 N–H and O–H groups in total. The van der Waals surface area contributed by atoms with Gasteiger partial charge in [0.15, 0.2) is 0 Å². The molecule has 1 aromatic heterocycles. The minimum absolute atomic E-state index is 0.150. The maximum absolute atomic E-state index is 5.66. The molecule has 0 unspecified atom stereocenters. The molecular formula is C13H16N4O2S. The Labute approximate surface area is 121 Å². The van der Waals surface area contributed by atoms with E-state index in [1.54, 1.807) is 7.11 Å². The number of nitrogen functional groups attached to an aromatic ring is 1. The molecule has 0 radical (unpaired) electrons. The molecule has 7 heteroatoms. The van der Waals surface area contributed by atoms with Gasteiger partial charge in [0.05, 0.1) is 13.7 Å². The predicted molar refractivity (Wildman–Crippen MR) is 77.1 cm³/mol. The third kappa shape index (κ3) is 3.99. The first-order valence-electron chi connectivity index (χ1n) is 6.17. The zero-order valence-electron chi connectivity index (χ0n) is 11.4. The molecule has 1 aromatic carbocycles. The standard InChI is InChI=1S/C13H16N4O2S/c1-3-7-19-12-15-11(14)16-13(17-12)20-10-6-4-5-9(8-10)18-2/h4-6,8H,3,7H2,1-2H3,(H2,14,15,16,17). The number of aromatic nitrogens is 3. The second kappa shape index (κ2) is 6.95. The Bertz CT molecular complexity index is 580. The molecule has 0 aliphatic carbocycles. The molecule has 0 saturated heterocycles. The van der Waals surface area contributed by atoms with Crippen LogP contribution in [0.25, 0.3) is 0 Å². The maximum atomic E-state index is 5.66. The van der Waals surface area contributed by atoms with Gasteiger partial charge in [-0.3, -0.25) is 0 Å². The van der Waals surface area contributed by atoms with Gasteiger partial charge in [0, 0.05) is 4.90 Å². The summed E-state index contributed by atoms with van der Waals surface area (Å²) < 4.78 is 10.6. The molecule has 106 valence electrons. The third-order valence-electron chi connectivity index (χ3n) is 2.30. The van der Waals surface area contributed by atoms with Crippen LogP contribution in [0.2, 0.25) is 0 Å². The topological polar surface area (TPSA) is 83.2 Å². The Morgan fingerprint density at radius 3 is 2.85 bits per heavy atom. The largest absolute Gasteiger partial charge is 0.497 e. The Morgan fingerprint density at radius 2 is 2.10 bits per heavy atom. The van der Waals surface area contributed by atoms with Gasteiger partial charge >= 0.3 is 6.01 Å². The van der Waals surface area contributed by atoms with E-state index in [0.29, 0.717) is 11.8 Å². The first kappa shape index (κ1) is 14.4. The lowest BCUT2D eigenvalue weighted by Gasteiger charge is -2.06. The normalized spacial score (nSPS) is 10.3. The highest BCUT2D eigenvalue weighted by Crippen LogP contribution is 2.28. The number of hydrogen-bond acceptors (Lipinski definition) is 7. The van der Waals surface area contributed by atoms with Crippen LogP contribution in [0.15, 0.2) is 34.3 Å². The van der Waals surface area contributed by atoms with Crippen LogP contribution in [0.3, 0.4) is 0 Å². The summed E-state index contributed by atoms with van der Waals surface area (Å²) in [4.78, 5) is 13.2. The summed E-state index contributed by atoms with van der Waals surface area (Å²) in [6, 6.07) is 7.88. The van der Waals surface area contributed by atoms with Gasteiger partial charge in [0.2, 0.25) is 11.1 Å². The fourth-order valence-corrected chi connectivity index (χ4v) is 2.22. The van der Waals surface area contributed by atoms with Gasteiger partial charge in [0.1, 0.15) is 5.75 Å². The summed E-state index contributed by atoms with van der Waals surface area (Å²) in [5.41, 5.74) is 5.66. The first-order valence-corrected chi connectivity index (χ1v) is 6.99. The quantitative estimate of drug-likeness (QED) is 0.875. The lowest BCUT2D eigenvalue weighted by Crippen LogP contribution is -2.05. The number of hydrogen-bond donors (Lipinski definition) is 1. The molecule has 2 aromatic rings. The summed E-state index contributed by atoms with van der Waals surface area (Å²) in [6.07, 6.45) is 0.879. The van der Waals surface area contributed by atoms with Crippen LogP contribution in [0, 0.1) is 0 Å². The fourth-order valence-electron chi connectivity index (χ4n) is 1.43. The van der Waals surface area contributed by atoms with Gasteiger partial charge in [-0.25, -0.2) is 0 Å². The summed E-state index contributed by atoms with van der Waals surface area (Å²) in [5.74, 6) is 0.927. The molecule has 0 spiro atoms. The summed E-state index contributed by atoms with van der Waals surface area (Å²) >= 11 is 1.38. The Hall–Kier alpha value is -2.02. The van der Waals surface area contributed by atoms with Crippen LogP contribution in [0.1, 0.15) is 13.3 Å². The van der Waals surface area contributed by atoms with Crippen molar-refractivity contribution in [3.05, 3.63) is 24.3 Å². The van der Waals surface area contributed by atoms with Crippen LogP contribution in [0.5, 0.6) is 11.8 Å². The minimum Gasteiger partial charge on any atom is -0.497 e. The smallest absolute Gasteiger partial charge is 0.322 e. The van der Waals surface area contributed by atoms with Crippen molar-refractivity contribution in [2.24, 2.45) is 0 Å². The van der Waals surface area contributed by atoms with Gasteiger partial charge in [-0.05, 0) is 36.4 Å². The molecule has 0 amide bonds. The van der Waals surface area contributed by atoms with E-state index in [1.807, 2.05) is 31.2 Å². The molecule has 0 bridgehead atoms. The summed E-state index contributed by atoms with van der Waals surface area (Å²) in [6.45, 7) is 2.56. The molecule has 20 heavy (non-hydrogen) atoms. The van der Waals surface area contributed by atoms with Crippen molar-refractivity contribution in [2.45, 2.75) is 23.4 Å². The van der Waals surface area contributed by atoms with Crippen molar-refractivity contribution in [1.29, 1.82) is 0 Å². The molecule has 0 saturated carbocycles. The molecule has 0 aliphatic rings. The van der Waals surface area contributed by atoms with Crippen molar-refractivity contribution < 1.29 is 9.47 Å². The Balaban J connectivity index is 2.17. The summed E-state index contributed by atoms with van der Waals surface area (Å²) in [5, 5.41) is 0.497. The third-order valence-corrected chi connectivity index (χ3v) is 3.15. The second-order valence-electron chi connectivity index (χ2n) is 3.89. The number of ether oxygens (including phenoxy) is 2. The highest BCUT2D eigenvalue weighted by atomic mass is 32.2. The summed E-state index contributed by atoms with van der Waals surface area (Å²) in [7, 11) is 1.63. The van der Waals surface area contributed by atoms with E-state index < -0.39 is 0 Å². The number of benzene rings is 1. The van der Waals surface area contributed by atoms with Crippen molar-refractivity contribution in [3.8, 4) is 11.8 Å². The van der Waals surface area contributed by atoms with Crippen LogP contribution in [0.4, 0.5) is 5.95 Å². The molecule has 2 rings (SSSR count). The van der Waals surface area contributed by atoms with E-state index in [-0.39, 0.29) is 12.0 Å². The van der Waals surface area contributed by atoms with Crippen molar-refractivity contribution >= 4 is 17.7 Å². The molecule has 1 heterocycles. The first-order chi connectivity index (χ1) is 9.71. The van der Waals surface area contributed by atoms with Gasteiger partial charge in [-0.2, -0.15) is 15.0 Å². The van der Waals surface area contributed by atoms with Crippen LogP contribution in [-0.4, -0.2) is 28.7 Å². The van der Waals surface area contributed by atoms with Gasteiger partial charge in [-0.1, -0.05) is 13.0 Å². The van der Waals surface area contributed by atoms with Crippen molar-refractivity contribution in [2.75, 3.05) is 19.5 Å². The minimum atomic E-state index is 0.150. The zero-order chi connectivity index (χ0) is 14.4. The maximum Gasteiger partial charge on any atom is 0.322 e. The molecule has 0 fully saturated rings. The number of anilines is 1. The van der Waals surface area contributed by atoms with Crippen LogP contribution < -0.4 is 15.2 Å². The van der Waals surface area contributed by atoms with Crippen LogP contribution in [-0.2, 0) is 0 Å². The molecule has 0 aliphatic heterocycles. The number of nitrogens with two attached hydrogens (primary N) is 1. The average molecular weight is 292 g/mol. The SMILES string of the molecule is CCCOc1nc(N)nc(Sc2cccc(OC)c2)n1. The number of nitrogens with zero attached hydrogens (tertiary/aromatic N) is 3. The molecular weight excluding hydrogens is 276 g/mol. The second-order valence-corrected chi connectivity index (χ2v) is 4.93. The zero-order valence-corrected chi connectivity index (χ0v) is 12.2. The van der Waals surface area contributed by atoms with E-state index in [1.165, 1.54) is 11.8 Å². The number of methoxy groups -OCH3 is 1. The lowest BCUT2D eigenvalue weighted by molar-refractivity contribution is 0.288. The van der Waals surface area contributed by atoms with Crippen molar-refractivity contribution in [1.82, 2.24) is 15.0 Å². The highest BCUT2D eigenvalue weighted by Gasteiger charge is 2.07. The van der Waals surface area contributed by atoms with E-state index in [0.717, 1.165) is 17.1 Å². The van der Waals surface area contributed by atoms with Crippen LogP contribution >= 0.6 is 11.8 Å². The van der Waals surface area contributed by atoms with E-state index in [9.17, 15) is 0 Å². The van der Waals surface area contributed by atoms with E-state index in [4.69, 9.17) is 15.2 Å². The number of rotatable bonds is 6.